The molecule has 0 atom stereocenters. The van der Waals surface area contributed by atoms with Crippen LogP contribution in [0.5, 0.6) is 23.3 Å². The summed E-state index contributed by atoms with van der Waals surface area (Å²) in [6.45, 7) is 0. The third kappa shape index (κ3) is 9.50. The van der Waals surface area contributed by atoms with E-state index in [1.165, 1.54) is 7.14 Å². The number of aliphatic carboxylic acids is 1. The number of carbonyl (C=O) groups excluding carboxylic acids is 1. The van der Waals surface area contributed by atoms with Gasteiger partial charge in [-0.05, 0) is 47.5 Å². The van der Waals surface area contributed by atoms with Crippen LogP contribution in [0.15, 0.2) is 73.1 Å². The van der Waals surface area contributed by atoms with Gasteiger partial charge in [0.25, 0.3) is 0 Å². The number of carbonyl (C=O) groups is 1. The van der Waals surface area contributed by atoms with Gasteiger partial charge in [-0.25, -0.2) is 9.97 Å². The van der Waals surface area contributed by atoms with Gasteiger partial charge in [-0.15, -0.1) is 0 Å². The number of alkyl halides is 3. The van der Waals surface area contributed by atoms with Crippen LogP contribution in [0.2, 0.25) is 0 Å². The van der Waals surface area contributed by atoms with E-state index in [1.807, 2.05) is 36.7 Å². The number of benzene rings is 2. The number of halogens is 4. The van der Waals surface area contributed by atoms with Crippen LogP contribution >= 0.6 is 0 Å². The van der Waals surface area contributed by atoms with Gasteiger partial charge in [0, 0.05) is 48.5 Å². The first-order valence-corrected chi connectivity index (χ1v) is 14.5. The maximum absolute atomic E-state index is 10.5. The SMILES string of the molecule is COc1ccc(Cc2cc([I+]c3ccc(OC)c(Cc4ccc(OC)nc4)c3)ccc2OC)cn1.O=C([O-])C(F)(F)F. The van der Waals surface area contributed by atoms with Crippen molar-refractivity contribution in [3.05, 3.63) is 102 Å². The van der Waals surface area contributed by atoms with E-state index >= 15 is 0 Å². The van der Waals surface area contributed by atoms with Crippen LogP contribution < -0.4 is 45.3 Å². The summed E-state index contributed by atoms with van der Waals surface area (Å²) in [6, 6.07) is 20.8. The van der Waals surface area contributed by atoms with Gasteiger partial charge in [0.1, 0.15) is 17.5 Å². The molecule has 4 rings (SSSR count). The lowest BCUT2D eigenvalue weighted by atomic mass is 10.1. The van der Waals surface area contributed by atoms with Crippen LogP contribution in [-0.4, -0.2) is 50.6 Å². The number of pyridine rings is 2. The Hall–Kier alpha value is -4.07. The number of rotatable bonds is 10. The first-order chi connectivity index (χ1) is 20.1. The molecule has 8 nitrogen and oxygen atoms in total. The van der Waals surface area contributed by atoms with E-state index in [4.69, 9.17) is 28.8 Å². The number of carboxylic acid groups (broad SMARTS) is 1. The van der Waals surface area contributed by atoms with Crippen molar-refractivity contribution < 1.29 is 63.2 Å². The number of nitrogens with zero attached hydrogens (tertiary/aromatic N) is 2. The van der Waals surface area contributed by atoms with Crippen molar-refractivity contribution in [1.29, 1.82) is 0 Å². The lowest BCUT2D eigenvalue weighted by molar-refractivity contribution is -0.597. The van der Waals surface area contributed by atoms with E-state index in [2.05, 4.69) is 46.4 Å². The maximum atomic E-state index is 10.5. The molecule has 0 unspecified atom stereocenters. The highest BCUT2D eigenvalue weighted by Crippen LogP contribution is 2.23. The molecule has 0 bridgehead atoms. The normalized spacial score (nSPS) is 10.7. The summed E-state index contributed by atoms with van der Waals surface area (Å²) in [5.74, 6) is -0.0124. The van der Waals surface area contributed by atoms with Crippen LogP contribution in [0.4, 0.5) is 13.2 Å². The second kappa shape index (κ2) is 15.2. The Bertz CT molecular complexity index is 1370. The van der Waals surface area contributed by atoms with Crippen molar-refractivity contribution >= 4 is 5.97 Å². The zero-order valence-corrected chi connectivity index (χ0v) is 25.4. The Morgan fingerprint density at radius 3 is 1.40 bits per heavy atom. The molecule has 12 heteroatoms. The molecule has 2 aromatic heterocycles. The first-order valence-electron chi connectivity index (χ1n) is 12.3. The van der Waals surface area contributed by atoms with Crippen LogP contribution in [0, 0.1) is 7.14 Å². The standard InChI is InChI=1S/C28H28IN2O4.C2HF3O2/c1-32-25-9-7-23(15-21(25)13-19-5-11-27(34-3)30-17-19)29-24-8-10-26(33-2)22(16-24)14-20-6-12-28(35-4)31-18-20;3-2(4,5)1(6)7/h5-12,15-18H,13-14H2,1-4H3;(H,6,7)/q+1;/p-1. The topological polar surface area (TPSA) is 103 Å². The number of carboxylic acids is 1. The number of hydrogen-bond donors (Lipinski definition) is 0. The van der Waals surface area contributed by atoms with Gasteiger partial charge in [-0.1, -0.05) is 12.1 Å². The third-order valence-corrected chi connectivity index (χ3v) is 8.32. The summed E-state index contributed by atoms with van der Waals surface area (Å²) < 4.78 is 55.8. The molecule has 0 saturated heterocycles. The fourth-order valence-electron chi connectivity index (χ4n) is 3.73. The van der Waals surface area contributed by atoms with Crippen molar-refractivity contribution in [2.75, 3.05) is 28.4 Å². The predicted octanol–water partition coefficient (Wildman–Crippen LogP) is 1.12. The van der Waals surface area contributed by atoms with Crippen LogP contribution in [0.25, 0.3) is 0 Å². The summed E-state index contributed by atoms with van der Waals surface area (Å²) in [6.07, 6.45) is -0.000289. The second-order valence-electron chi connectivity index (χ2n) is 8.56. The van der Waals surface area contributed by atoms with Crippen molar-refractivity contribution in [3.8, 4) is 23.3 Å². The van der Waals surface area contributed by atoms with Crippen LogP contribution in [-0.2, 0) is 17.6 Å². The fraction of sp³-hybridized carbons (Fsp3) is 0.233. The van der Waals surface area contributed by atoms with Crippen LogP contribution in [0.1, 0.15) is 22.3 Å². The van der Waals surface area contributed by atoms with Crippen molar-refractivity contribution in [2.24, 2.45) is 0 Å². The Morgan fingerprint density at radius 2 is 1.12 bits per heavy atom. The van der Waals surface area contributed by atoms with Crippen molar-refractivity contribution in [1.82, 2.24) is 9.97 Å². The molecular formula is C30H28F3IN2O6. The number of aromatic nitrogens is 2. The molecule has 0 aliphatic rings. The highest BCUT2D eigenvalue weighted by Gasteiger charge is 2.28. The van der Waals surface area contributed by atoms with Gasteiger partial charge >= 0.3 is 27.4 Å². The van der Waals surface area contributed by atoms with E-state index < -0.39 is 33.4 Å². The molecule has 2 heterocycles. The monoisotopic (exact) mass is 696 g/mol. The minimum atomic E-state index is -5.19. The van der Waals surface area contributed by atoms with E-state index in [0.29, 0.717) is 11.8 Å². The molecule has 0 radical (unpaired) electrons. The zero-order valence-electron chi connectivity index (χ0n) is 23.2. The van der Waals surface area contributed by atoms with E-state index in [9.17, 15) is 13.2 Å². The highest BCUT2D eigenvalue weighted by molar-refractivity contribution is 5.70. The average Bonchev–Trinajstić information content (AvgIpc) is 2.98. The van der Waals surface area contributed by atoms with Crippen LogP contribution in [0.3, 0.4) is 0 Å². The van der Waals surface area contributed by atoms with Gasteiger partial charge < -0.3 is 28.8 Å². The highest BCUT2D eigenvalue weighted by atomic mass is 127. The fourth-order valence-corrected chi connectivity index (χ4v) is 6.23. The summed E-state index contributed by atoms with van der Waals surface area (Å²) in [5, 5.41) is 8.78. The summed E-state index contributed by atoms with van der Waals surface area (Å²) in [5.41, 5.74) is 4.52. The molecule has 4 aromatic rings. The Kier molecular flexibility index (Phi) is 11.8. The number of methoxy groups -OCH3 is 4. The third-order valence-electron chi connectivity index (χ3n) is 5.74. The molecular weight excluding hydrogens is 668 g/mol. The molecule has 0 fully saturated rings. The van der Waals surface area contributed by atoms with Gasteiger partial charge in [-0.2, -0.15) is 13.2 Å². The molecule has 0 aliphatic heterocycles. The summed E-state index contributed by atoms with van der Waals surface area (Å²) >= 11 is -0.392. The predicted molar refractivity (Wildman–Crippen MR) is 142 cm³/mol. The lowest BCUT2D eigenvalue weighted by Gasteiger charge is -2.09. The number of ether oxygens (including phenoxy) is 4. The van der Waals surface area contributed by atoms with Gasteiger partial charge in [-0.3, -0.25) is 0 Å². The largest absolute Gasteiger partial charge is 0.542 e. The molecule has 0 spiro atoms. The molecule has 2 aromatic carbocycles. The van der Waals surface area contributed by atoms with E-state index in [0.717, 1.165) is 46.6 Å². The molecule has 0 N–H and O–H groups in total. The molecule has 0 aliphatic carbocycles. The molecule has 0 amide bonds. The zero-order chi connectivity index (χ0) is 30.7. The Balaban J connectivity index is 0.000000616. The van der Waals surface area contributed by atoms with E-state index in [1.54, 1.807) is 28.4 Å². The first kappa shape index (κ1) is 32.4. The minimum Gasteiger partial charge on any atom is -0.542 e. The minimum absolute atomic E-state index is 0.392. The average molecular weight is 696 g/mol. The molecule has 0 saturated carbocycles. The van der Waals surface area contributed by atoms with Gasteiger partial charge in [0.05, 0.1) is 28.4 Å². The van der Waals surface area contributed by atoms with Gasteiger partial charge in [0.15, 0.2) is 7.14 Å². The second-order valence-corrected chi connectivity index (χ2v) is 11.6. The van der Waals surface area contributed by atoms with Crippen molar-refractivity contribution in [2.45, 2.75) is 19.0 Å². The summed E-state index contributed by atoms with van der Waals surface area (Å²) in [7, 11) is 6.67. The summed E-state index contributed by atoms with van der Waals surface area (Å²) in [4.78, 5) is 17.4. The smallest absolute Gasteiger partial charge is 0.430 e. The maximum Gasteiger partial charge on any atom is 0.430 e. The lowest BCUT2D eigenvalue weighted by Crippen LogP contribution is -3.61. The Morgan fingerprint density at radius 1 is 0.714 bits per heavy atom. The Labute approximate surface area is 251 Å². The van der Waals surface area contributed by atoms with Crippen molar-refractivity contribution in [3.63, 3.8) is 0 Å². The van der Waals surface area contributed by atoms with E-state index in [-0.39, 0.29) is 0 Å². The molecule has 42 heavy (non-hydrogen) atoms. The van der Waals surface area contributed by atoms with Gasteiger partial charge in [0.2, 0.25) is 11.8 Å². The quantitative estimate of drug-likeness (QED) is 0.228. The number of hydrogen-bond acceptors (Lipinski definition) is 8. The molecule has 222 valence electrons.